The van der Waals surface area contributed by atoms with E-state index in [4.69, 9.17) is 10.5 Å². The van der Waals surface area contributed by atoms with E-state index in [0.717, 1.165) is 24.2 Å². The summed E-state index contributed by atoms with van der Waals surface area (Å²) in [6.45, 7) is 2.08. The van der Waals surface area contributed by atoms with Gasteiger partial charge < -0.3 is 10.5 Å². The van der Waals surface area contributed by atoms with Crippen LogP contribution in [0, 0.1) is 0 Å². The molecule has 3 nitrogen and oxygen atoms in total. The molecule has 1 aromatic rings. The molecular weight excluding hydrogens is 200 g/mol. The van der Waals surface area contributed by atoms with Gasteiger partial charge in [-0.15, -0.1) is 12.4 Å². The molecule has 2 N–H and O–H groups in total. The zero-order valence-corrected chi connectivity index (χ0v) is 9.38. The van der Waals surface area contributed by atoms with Gasteiger partial charge >= 0.3 is 0 Å². The second kappa shape index (κ2) is 6.62. The predicted octanol–water partition coefficient (Wildman–Crippen LogP) is 1.79. The monoisotopic (exact) mass is 216 g/mol. The number of rotatable bonds is 4. The highest BCUT2D eigenvalue weighted by atomic mass is 35.5. The molecule has 1 rings (SSSR count). The number of nitrogens with two attached hydrogens (primary N) is 1. The van der Waals surface area contributed by atoms with Gasteiger partial charge in [0.2, 0.25) is 0 Å². The molecule has 0 bridgehead atoms. The maximum atomic E-state index is 5.85. The maximum absolute atomic E-state index is 5.85. The molecule has 0 radical (unpaired) electrons. The van der Waals surface area contributed by atoms with E-state index < -0.39 is 0 Å². The van der Waals surface area contributed by atoms with Crippen LogP contribution in [0.3, 0.4) is 0 Å². The minimum absolute atomic E-state index is 0. The Bertz CT molecular complexity index is 268. The summed E-state index contributed by atoms with van der Waals surface area (Å²) in [6.07, 6.45) is 5.33. The van der Waals surface area contributed by atoms with Crippen molar-refractivity contribution in [3.8, 4) is 5.75 Å². The third-order valence-electron chi connectivity index (χ3n) is 2.09. The largest absolute Gasteiger partial charge is 0.496 e. The zero-order valence-electron chi connectivity index (χ0n) is 8.56. The van der Waals surface area contributed by atoms with Crippen LogP contribution in [0.2, 0.25) is 0 Å². The van der Waals surface area contributed by atoms with Gasteiger partial charge in [0.1, 0.15) is 5.75 Å². The summed E-state index contributed by atoms with van der Waals surface area (Å²) in [5, 5.41) is 0. The quantitative estimate of drug-likeness (QED) is 0.835. The van der Waals surface area contributed by atoms with E-state index in [0.29, 0.717) is 0 Å². The van der Waals surface area contributed by atoms with E-state index in [2.05, 4.69) is 11.9 Å². The van der Waals surface area contributed by atoms with Crippen LogP contribution in [0.1, 0.15) is 18.9 Å². The number of aromatic nitrogens is 1. The Hall–Kier alpha value is -0.800. The van der Waals surface area contributed by atoms with Crippen molar-refractivity contribution in [2.75, 3.05) is 7.11 Å². The van der Waals surface area contributed by atoms with Crippen molar-refractivity contribution in [2.24, 2.45) is 5.73 Å². The second-order valence-corrected chi connectivity index (χ2v) is 3.06. The molecule has 80 valence electrons. The topological polar surface area (TPSA) is 48.1 Å². The number of hydrogen-bond donors (Lipinski definition) is 1. The lowest BCUT2D eigenvalue weighted by molar-refractivity contribution is 0.407. The van der Waals surface area contributed by atoms with E-state index in [-0.39, 0.29) is 18.4 Å². The Labute approximate surface area is 91.1 Å². The van der Waals surface area contributed by atoms with E-state index >= 15 is 0 Å². The van der Waals surface area contributed by atoms with Gasteiger partial charge in [-0.05, 0) is 18.9 Å². The number of pyridine rings is 1. The zero-order chi connectivity index (χ0) is 9.68. The molecular formula is C10H17ClN2O. The highest BCUT2D eigenvalue weighted by Gasteiger charge is 2.06. The van der Waals surface area contributed by atoms with Gasteiger partial charge in [0.05, 0.1) is 7.11 Å². The van der Waals surface area contributed by atoms with E-state index in [9.17, 15) is 0 Å². The summed E-state index contributed by atoms with van der Waals surface area (Å²) >= 11 is 0. The van der Waals surface area contributed by atoms with Crippen molar-refractivity contribution in [1.29, 1.82) is 0 Å². The summed E-state index contributed by atoms with van der Waals surface area (Å²) in [5.41, 5.74) is 6.93. The van der Waals surface area contributed by atoms with Crippen molar-refractivity contribution < 1.29 is 4.74 Å². The van der Waals surface area contributed by atoms with Crippen molar-refractivity contribution in [2.45, 2.75) is 25.8 Å². The fourth-order valence-corrected chi connectivity index (χ4v) is 1.19. The Morgan fingerprint density at radius 1 is 1.57 bits per heavy atom. The molecule has 0 aliphatic heterocycles. The van der Waals surface area contributed by atoms with Crippen LogP contribution in [-0.4, -0.2) is 18.1 Å². The molecule has 0 spiro atoms. The smallest absolute Gasteiger partial charge is 0.125 e. The van der Waals surface area contributed by atoms with Gasteiger partial charge in [-0.1, -0.05) is 6.92 Å². The molecule has 0 aliphatic carbocycles. The van der Waals surface area contributed by atoms with Crippen LogP contribution < -0.4 is 10.5 Å². The van der Waals surface area contributed by atoms with Crippen molar-refractivity contribution >= 4 is 12.4 Å². The minimum atomic E-state index is 0. The number of ether oxygens (including phenoxy) is 1. The van der Waals surface area contributed by atoms with Crippen molar-refractivity contribution in [1.82, 2.24) is 4.98 Å². The molecule has 4 heteroatoms. The Kier molecular flexibility index (Phi) is 6.25. The number of hydrogen-bond acceptors (Lipinski definition) is 3. The molecule has 0 aliphatic rings. The van der Waals surface area contributed by atoms with Gasteiger partial charge in [0.15, 0.2) is 0 Å². The molecule has 0 fully saturated rings. The molecule has 0 saturated heterocycles. The molecule has 0 amide bonds. The van der Waals surface area contributed by atoms with Crippen molar-refractivity contribution in [3.63, 3.8) is 0 Å². The Balaban J connectivity index is 0.00000169. The fourth-order valence-electron chi connectivity index (χ4n) is 1.19. The average molecular weight is 217 g/mol. The van der Waals surface area contributed by atoms with E-state index in [1.165, 1.54) is 0 Å². The first kappa shape index (κ1) is 13.2. The SMILES string of the molecule is CCC(N)Cc1cnccc1OC.Cl. The molecule has 1 aromatic heterocycles. The summed E-state index contributed by atoms with van der Waals surface area (Å²) in [4.78, 5) is 4.05. The van der Waals surface area contributed by atoms with Gasteiger partial charge in [-0.2, -0.15) is 0 Å². The minimum Gasteiger partial charge on any atom is -0.496 e. The number of nitrogens with zero attached hydrogens (tertiary/aromatic N) is 1. The highest BCUT2D eigenvalue weighted by molar-refractivity contribution is 5.85. The second-order valence-electron chi connectivity index (χ2n) is 3.06. The fraction of sp³-hybridized carbons (Fsp3) is 0.500. The molecule has 0 saturated carbocycles. The molecule has 14 heavy (non-hydrogen) atoms. The molecule has 1 heterocycles. The Morgan fingerprint density at radius 2 is 2.29 bits per heavy atom. The predicted molar refractivity (Wildman–Crippen MR) is 60.0 cm³/mol. The summed E-state index contributed by atoms with van der Waals surface area (Å²) in [7, 11) is 1.66. The van der Waals surface area contributed by atoms with Crippen LogP contribution in [0.15, 0.2) is 18.5 Å². The number of methoxy groups -OCH3 is 1. The number of halogens is 1. The van der Waals surface area contributed by atoms with Gasteiger partial charge in [0.25, 0.3) is 0 Å². The van der Waals surface area contributed by atoms with E-state index in [1.54, 1.807) is 13.3 Å². The van der Waals surface area contributed by atoms with Crippen molar-refractivity contribution in [3.05, 3.63) is 24.0 Å². The van der Waals surface area contributed by atoms with Crippen LogP contribution in [0.5, 0.6) is 5.75 Å². The lowest BCUT2D eigenvalue weighted by Gasteiger charge is -2.11. The summed E-state index contributed by atoms with van der Waals surface area (Å²) in [6, 6.07) is 2.05. The summed E-state index contributed by atoms with van der Waals surface area (Å²) < 4.78 is 5.20. The maximum Gasteiger partial charge on any atom is 0.125 e. The lowest BCUT2D eigenvalue weighted by Crippen LogP contribution is -2.21. The van der Waals surface area contributed by atoms with Crippen LogP contribution in [-0.2, 0) is 6.42 Å². The van der Waals surface area contributed by atoms with Gasteiger partial charge in [-0.25, -0.2) is 0 Å². The first-order valence-electron chi connectivity index (χ1n) is 4.50. The van der Waals surface area contributed by atoms with Crippen LogP contribution in [0.4, 0.5) is 0 Å². The molecule has 1 unspecified atom stereocenters. The third kappa shape index (κ3) is 3.52. The lowest BCUT2D eigenvalue weighted by atomic mass is 10.1. The van der Waals surface area contributed by atoms with Crippen LogP contribution in [0.25, 0.3) is 0 Å². The molecule has 0 aromatic carbocycles. The average Bonchev–Trinajstić information content (AvgIpc) is 2.18. The van der Waals surface area contributed by atoms with Gasteiger partial charge in [0, 0.05) is 24.0 Å². The normalized spacial score (nSPS) is 11.6. The third-order valence-corrected chi connectivity index (χ3v) is 2.09. The highest BCUT2D eigenvalue weighted by Crippen LogP contribution is 2.17. The Morgan fingerprint density at radius 3 is 2.86 bits per heavy atom. The standard InChI is InChI=1S/C10H16N2O.ClH/c1-3-9(11)6-8-7-12-5-4-10(8)13-2;/h4-5,7,9H,3,6,11H2,1-2H3;1H. The van der Waals surface area contributed by atoms with Crippen LogP contribution >= 0.6 is 12.4 Å². The first-order valence-corrected chi connectivity index (χ1v) is 4.50. The first-order chi connectivity index (χ1) is 6.27. The van der Waals surface area contributed by atoms with Gasteiger partial charge in [-0.3, -0.25) is 4.98 Å². The molecule has 1 atom stereocenters. The summed E-state index contributed by atoms with van der Waals surface area (Å²) in [5.74, 6) is 0.874. The van der Waals surface area contributed by atoms with E-state index in [1.807, 2.05) is 12.3 Å².